The summed E-state index contributed by atoms with van der Waals surface area (Å²) in [4.78, 5) is 12.1. The van der Waals surface area contributed by atoms with Crippen LogP contribution >= 0.6 is 23.4 Å². The van der Waals surface area contributed by atoms with Gasteiger partial charge in [-0.15, -0.1) is 10.2 Å². The number of para-hydroxylation sites is 1. The lowest BCUT2D eigenvalue weighted by atomic mass is 10.2. The molecule has 0 aliphatic heterocycles. The van der Waals surface area contributed by atoms with Gasteiger partial charge in [-0.25, -0.2) is 0 Å². The molecule has 0 radical (unpaired) electrons. The molecule has 0 aliphatic rings. The van der Waals surface area contributed by atoms with E-state index in [2.05, 4.69) is 15.5 Å². The maximum Gasteiger partial charge on any atom is 0.416 e. The van der Waals surface area contributed by atoms with Crippen LogP contribution in [-0.4, -0.2) is 26.4 Å². The van der Waals surface area contributed by atoms with Gasteiger partial charge in [-0.2, -0.15) is 13.2 Å². The maximum absolute atomic E-state index is 12.8. The zero-order chi connectivity index (χ0) is 19.4. The van der Waals surface area contributed by atoms with E-state index >= 15 is 0 Å². The summed E-state index contributed by atoms with van der Waals surface area (Å²) in [6.45, 7) is 0. The highest BCUT2D eigenvalue weighted by molar-refractivity contribution is 7.99. The van der Waals surface area contributed by atoms with Gasteiger partial charge in [-0.1, -0.05) is 41.6 Å². The van der Waals surface area contributed by atoms with E-state index in [1.54, 1.807) is 4.57 Å². The van der Waals surface area contributed by atoms with E-state index in [9.17, 15) is 18.0 Å². The molecule has 0 spiro atoms. The van der Waals surface area contributed by atoms with E-state index in [4.69, 9.17) is 11.6 Å². The standard InChI is InChI=1S/C17H12ClF3N4OS/c18-13-7-6-11(17(19,20)21)8-14(13)23-15(26)9-27-16-24-22-10-25(16)12-4-2-1-3-5-12/h1-8,10H,9H2,(H,23,26). The predicted molar refractivity (Wildman–Crippen MR) is 97.2 cm³/mol. The van der Waals surface area contributed by atoms with Crippen LogP contribution in [-0.2, 0) is 11.0 Å². The number of amides is 1. The molecule has 1 N–H and O–H groups in total. The average Bonchev–Trinajstić information content (AvgIpc) is 3.10. The Morgan fingerprint density at radius 1 is 1.19 bits per heavy atom. The van der Waals surface area contributed by atoms with Gasteiger partial charge in [0, 0.05) is 5.69 Å². The number of halogens is 4. The van der Waals surface area contributed by atoms with Gasteiger partial charge in [0.15, 0.2) is 5.16 Å². The van der Waals surface area contributed by atoms with Crippen LogP contribution in [0.5, 0.6) is 0 Å². The third-order valence-corrected chi connectivity index (χ3v) is 4.72. The monoisotopic (exact) mass is 412 g/mol. The van der Waals surface area contributed by atoms with E-state index in [0.29, 0.717) is 5.16 Å². The van der Waals surface area contributed by atoms with Gasteiger partial charge in [0.05, 0.1) is 22.0 Å². The number of carbonyl (C=O) groups excluding carboxylic acids is 1. The summed E-state index contributed by atoms with van der Waals surface area (Å²) in [5.74, 6) is -0.582. The highest BCUT2D eigenvalue weighted by atomic mass is 35.5. The van der Waals surface area contributed by atoms with Gasteiger partial charge in [0.1, 0.15) is 6.33 Å². The predicted octanol–water partition coefficient (Wildman–Crippen LogP) is 4.67. The first-order valence-electron chi connectivity index (χ1n) is 7.59. The zero-order valence-electron chi connectivity index (χ0n) is 13.6. The number of anilines is 1. The Labute approximate surface area is 161 Å². The maximum atomic E-state index is 12.8. The summed E-state index contributed by atoms with van der Waals surface area (Å²) in [5.41, 5.74) is -0.161. The molecule has 0 aliphatic carbocycles. The lowest BCUT2D eigenvalue weighted by Crippen LogP contribution is -2.16. The summed E-state index contributed by atoms with van der Waals surface area (Å²) in [6.07, 6.45) is -3.01. The first-order chi connectivity index (χ1) is 12.8. The first kappa shape index (κ1) is 19.2. The zero-order valence-corrected chi connectivity index (χ0v) is 15.1. The molecule has 0 bridgehead atoms. The minimum absolute atomic E-state index is 0.0220. The minimum atomic E-state index is -4.52. The van der Waals surface area contributed by atoms with Gasteiger partial charge in [-0.3, -0.25) is 9.36 Å². The van der Waals surface area contributed by atoms with Gasteiger partial charge in [-0.05, 0) is 30.3 Å². The fourth-order valence-corrected chi connectivity index (χ4v) is 3.10. The average molecular weight is 413 g/mol. The molecule has 140 valence electrons. The normalized spacial score (nSPS) is 11.4. The van der Waals surface area contributed by atoms with Gasteiger partial charge >= 0.3 is 6.18 Å². The molecule has 5 nitrogen and oxygen atoms in total. The second-order valence-corrected chi connectivity index (χ2v) is 6.70. The number of thioether (sulfide) groups is 1. The number of nitrogens with one attached hydrogen (secondary N) is 1. The summed E-state index contributed by atoms with van der Waals surface area (Å²) in [7, 11) is 0. The molecule has 0 unspecified atom stereocenters. The molecule has 1 heterocycles. The van der Waals surface area contributed by atoms with Crippen molar-refractivity contribution in [3.8, 4) is 5.69 Å². The third-order valence-electron chi connectivity index (χ3n) is 3.45. The number of alkyl halides is 3. The van der Waals surface area contributed by atoms with Crippen LogP contribution < -0.4 is 5.32 Å². The van der Waals surface area contributed by atoms with Crippen LogP contribution in [0.4, 0.5) is 18.9 Å². The summed E-state index contributed by atoms with van der Waals surface area (Å²) in [6, 6.07) is 12.0. The quantitative estimate of drug-likeness (QED) is 0.619. The molecule has 2 aromatic carbocycles. The number of rotatable bonds is 5. The van der Waals surface area contributed by atoms with Gasteiger partial charge in [0.2, 0.25) is 5.91 Å². The molecule has 0 saturated heterocycles. The lowest BCUT2D eigenvalue weighted by Gasteiger charge is -2.11. The number of carbonyl (C=O) groups is 1. The topological polar surface area (TPSA) is 59.8 Å². The van der Waals surface area contributed by atoms with Gasteiger partial charge < -0.3 is 5.32 Å². The second-order valence-electron chi connectivity index (χ2n) is 5.35. The number of nitrogens with zero attached hydrogens (tertiary/aromatic N) is 3. The molecule has 0 saturated carbocycles. The van der Waals surface area contributed by atoms with E-state index < -0.39 is 17.6 Å². The first-order valence-corrected chi connectivity index (χ1v) is 8.96. The van der Waals surface area contributed by atoms with Crippen molar-refractivity contribution in [3.05, 3.63) is 65.4 Å². The highest BCUT2D eigenvalue weighted by Crippen LogP contribution is 2.34. The lowest BCUT2D eigenvalue weighted by molar-refractivity contribution is -0.137. The number of hydrogen-bond acceptors (Lipinski definition) is 4. The Kier molecular flexibility index (Phi) is 5.71. The van der Waals surface area contributed by atoms with Crippen molar-refractivity contribution in [1.82, 2.24) is 14.8 Å². The molecule has 27 heavy (non-hydrogen) atoms. The number of benzene rings is 2. The van der Waals surface area contributed by atoms with E-state index in [1.165, 1.54) is 6.33 Å². The van der Waals surface area contributed by atoms with Crippen LogP contribution in [0, 0.1) is 0 Å². The molecule has 1 amide bonds. The largest absolute Gasteiger partial charge is 0.416 e. The SMILES string of the molecule is O=C(CSc1nncn1-c1ccccc1)Nc1cc(C(F)(F)F)ccc1Cl. The van der Waals surface area contributed by atoms with Crippen LogP contribution in [0.25, 0.3) is 5.69 Å². The van der Waals surface area contributed by atoms with Crippen molar-refractivity contribution in [2.24, 2.45) is 0 Å². The second kappa shape index (κ2) is 8.01. The fourth-order valence-electron chi connectivity index (χ4n) is 2.20. The van der Waals surface area contributed by atoms with E-state index in [0.717, 1.165) is 35.6 Å². The van der Waals surface area contributed by atoms with Crippen LogP contribution in [0.3, 0.4) is 0 Å². The van der Waals surface area contributed by atoms with Crippen molar-refractivity contribution in [1.29, 1.82) is 0 Å². The Morgan fingerprint density at radius 3 is 2.63 bits per heavy atom. The summed E-state index contributed by atoms with van der Waals surface area (Å²) >= 11 is 6.98. The van der Waals surface area contributed by atoms with Crippen molar-refractivity contribution < 1.29 is 18.0 Å². The summed E-state index contributed by atoms with van der Waals surface area (Å²) < 4.78 is 40.1. The highest BCUT2D eigenvalue weighted by Gasteiger charge is 2.31. The number of aromatic nitrogens is 3. The molecular weight excluding hydrogens is 401 g/mol. The Hall–Kier alpha value is -2.52. The molecule has 10 heteroatoms. The van der Waals surface area contributed by atoms with Crippen LogP contribution in [0.1, 0.15) is 5.56 Å². The van der Waals surface area contributed by atoms with E-state index in [1.807, 2.05) is 30.3 Å². The van der Waals surface area contributed by atoms with Crippen molar-refractivity contribution in [2.75, 3.05) is 11.1 Å². The van der Waals surface area contributed by atoms with E-state index in [-0.39, 0.29) is 16.5 Å². The Morgan fingerprint density at radius 2 is 1.93 bits per heavy atom. The van der Waals surface area contributed by atoms with Crippen LogP contribution in [0.2, 0.25) is 5.02 Å². The molecule has 1 aromatic heterocycles. The third kappa shape index (κ3) is 4.81. The summed E-state index contributed by atoms with van der Waals surface area (Å²) in [5, 5.41) is 10.7. The van der Waals surface area contributed by atoms with Gasteiger partial charge in [0.25, 0.3) is 0 Å². The molecular formula is C17H12ClF3N4OS. The Balaban J connectivity index is 1.67. The molecule has 0 atom stereocenters. The Bertz CT molecular complexity index is 947. The van der Waals surface area contributed by atoms with Crippen molar-refractivity contribution in [2.45, 2.75) is 11.3 Å². The fraction of sp³-hybridized carbons (Fsp3) is 0.118. The smallest absolute Gasteiger partial charge is 0.324 e. The minimum Gasteiger partial charge on any atom is -0.324 e. The molecule has 3 aromatic rings. The molecule has 3 rings (SSSR count). The van der Waals surface area contributed by atoms with Crippen LogP contribution in [0.15, 0.2) is 60.0 Å². The van der Waals surface area contributed by atoms with Crippen molar-refractivity contribution in [3.63, 3.8) is 0 Å². The van der Waals surface area contributed by atoms with Crippen molar-refractivity contribution >= 4 is 35.0 Å². The number of hydrogen-bond donors (Lipinski definition) is 1. The molecule has 0 fully saturated rings.